The molecule has 5 heteroatoms. The standard InChI is InChI=1S/C8H6BrN3O/c9-4-6-3-8(13-12-6)7-5-10-1-2-11-7/h1-3,5H,4H2. The number of alkyl halides is 1. The Morgan fingerprint density at radius 2 is 2.31 bits per heavy atom. The van der Waals surface area contributed by atoms with E-state index in [1.165, 1.54) is 0 Å². The molecule has 0 fully saturated rings. The third-order valence-corrected chi connectivity index (χ3v) is 2.09. The van der Waals surface area contributed by atoms with Crippen molar-refractivity contribution in [2.75, 3.05) is 0 Å². The molecule has 0 saturated heterocycles. The Labute approximate surface area is 83.1 Å². The number of nitrogens with zero attached hydrogens (tertiary/aromatic N) is 3. The third kappa shape index (κ3) is 1.75. The normalized spacial score (nSPS) is 10.2. The van der Waals surface area contributed by atoms with Crippen LogP contribution in [0.3, 0.4) is 0 Å². The van der Waals surface area contributed by atoms with E-state index in [1.807, 2.05) is 6.07 Å². The van der Waals surface area contributed by atoms with Crippen molar-refractivity contribution in [2.45, 2.75) is 5.33 Å². The molecule has 2 aromatic rings. The van der Waals surface area contributed by atoms with Gasteiger partial charge in [0, 0.05) is 23.8 Å². The lowest BCUT2D eigenvalue weighted by Gasteiger charge is -1.89. The van der Waals surface area contributed by atoms with Crippen molar-refractivity contribution in [3.05, 3.63) is 30.4 Å². The van der Waals surface area contributed by atoms with Crippen LogP contribution in [-0.2, 0) is 5.33 Å². The highest BCUT2D eigenvalue weighted by molar-refractivity contribution is 9.08. The molecule has 66 valence electrons. The summed E-state index contributed by atoms with van der Waals surface area (Å²) >= 11 is 3.28. The van der Waals surface area contributed by atoms with E-state index in [9.17, 15) is 0 Å². The van der Waals surface area contributed by atoms with Gasteiger partial charge in [-0.3, -0.25) is 4.98 Å². The third-order valence-electron chi connectivity index (χ3n) is 1.51. The number of aromatic nitrogens is 3. The molecule has 0 amide bonds. The zero-order valence-electron chi connectivity index (χ0n) is 6.64. The average Bonchev–Trinajstić information content (AvgIpc) is 2.67. The van der Waals surface area contributed by atoms with Gasteiger partial charge in [0.05, 0.1) is 11.9 Å². The van der Waals surface area contributed by atoms with Crippen LogP contribution in [0.4, 0.5) is 0 Å². The van der Waals surface area contributed by atoms with E-state index in [0.717, 1.165) is 5.69 Å². The summed E-state index contributed by atoms with van der Waals surface area (Å²) in [7, 11) is 0. The average molecular weight is 240 g/mol. The molecule has 0 atom stereocenters. The molecule has 4 nitrogen and oxygen atoms in total. The highest BCUT2D eigenvalue weighted by Crippen LogP contribution is 2.17. The quantitative estimate of drug-likeness (QED) is 0.753. The van der Waals surface area contributed by atoms with Crippen LogP contribution in [-0.4, -0.2) is 15.1 Å². The Morgan fingerprint density at radius 3 is 2.92 bits per heavy atom. The van der Waals surface area contributed by atoms with E-state index >= 15 is 0 Å². The smallest absolute Gasteiger partial charge is 0.187 e. The van der Waals surface area contributed by atoms with Gasteiger partial charge in [-0.15, -0.1) is 0 Å². The number of halogens is 1. The predicted molar refractivity (Wildman–Crippen MR) is 50.2 cm³/mol. The fourth-order valence-corrected chi connectivity index (χ4v) is 1.19. The topological polar surface area (TPSA) is 51.8 Å². The monoisotopic (exact) mass is 239 g/mol. The van der Waals surface area contributed by atoms with E-state index < -0.39 is 0 Å². The summed E-state index contributed by atoms with van der Waals surface area (Å²) in [5.74, 6) is 0.641. The number of hydrogen-bond acceptors (Lipinski definition) is 4. The van der Waals surface area contributed by atoms with Crippen LogP contribution in [0.15, 0.2) is 29.2 Å². The van der Waals surface area contributed by atoms with E-state index in [2.05, 4.69) is 31.1 Å². The molecule has 0 unspecified atom stereocenters. The SMILES string of the molecule is BrCc1cc(-c2cnccn2)on1. The van der Waals surface area contributed by atoms with Crippen molar-refractivity contribution in [3.8, 4) is 11.5 Å². The lowest BCUT2D eigenvalue weighted by molar-refractivity contribution is 0.425. The molecule has 2 heterocycles. The molecule has 0 bridgehead atoms. The van der Waals surface area contributed by atoms with E-state index in [1.54, 1.807) is 18.6 Å². The van der Waals surface area contributed by atoms with E-state index in [0.29, 0.717) is 16.8 Å². The lowest BCUT2D eigenvalue weighted by Crippen LogP contribution is -1.80. The van der Waals surface area contributed by atoms with Gasteiger partial charge < -0.3 is 4.52 Å². The number of hydrogen-bond donors (Lipinski definition) is 0. The summed E-state index contributed by atoms with van der Waals surface area (Å²) in [6.07, 6.45) is 4.87. The maximum Gasteiger partial charge on any atom is 0.187 e. The molecule has 0 aliphatic heterocycles. The Balaban J connectivity index is 2.36. The van der Waals surface area contributed by atoms with Gasteiger partial charge in [-0.2, -0.15) is 0 Å². The van der Waals surface area contributed by atoms with Gasteiger partial charge in [0.1, 0.15) is 5.69 Å². The molecule has 0 aliphatic carbocycles. The molecule has 0 radical (unpaired) electrons. The first kappa shape index (κ1) is 8.37. The van der Waals surface area contributed by atoms with E-state index in [-0.39, 0.29) is 0 Å². The molecule has 2 rings (SSSR count). The summed E-state index contributed by atoms with van der Waals surface area (Å²) in [4.78, 5) is 8.02. The molecule has 0 spiro atoms. The minimum atomic E-state index is 0.641. The van der Waals surface area contributed by atoms with Crippen molar-refractivity contribution in [2.24, 2.45) is 0 Å². The van der Waals surface area contributed by atoms with Gasteiger partial charge in [-0.25, -0.2) is 4.98 Å². The van der Waals surface area contributed by atoms with E-state index in [4.69, 9.17) is 4.52 Å². The molecular formula is C8H6BrN3O. The van der Waals surface area contributed by atoms with Crippen molar-refractivity contribution < 1.29 is 4.52 Å². The van der Waals surface area contributed by atoms with Crippen molar-refractivity contribution in [1.82, 2.24) is 15.1 Å². The molecule has 13 heavy (non-hydrogen) atoms. The Kier molecular flexibility index (Phi) is 2.35. The molecular weight excluding hydrogens is 234 g/mol. The second-order valence-electron chi connectivity index (χ2n) is 2.41. The number of rotatable bonds is 2. The van der Waals surface area contributed by atoms with Crippen LogP contribution < -0.4 is 0 Å². The highest BCUT2D eigenvalue weighted by atomic mass is 79.9. The van der Waals surface area contributed by atoms with Gasteiger partial charge >= 0.3 is 0 Å². The van der Waals surface area contributed by atoms with Gasteiger partial charge in [-0.1, -0.05) is 21.1 Å². The summed E-state index contributed by atoms with van der Waals surface area (Å²) in [6, 6.07) is 1.83. The van der Waals surface area contributed by atoms with Crippen molar-refractivity contribution >= 4 is 15.9 Å². The molecule has 0 N–H and O–H groups in total. The van der Waals surface area contributed by atoms with Crippen LogP contribution in [0.1, 0.15) is 5.69 Å². The molecule has 0 aliphatic rings. The van der Waals surface area contributed by atoms with Gasteiger partial charge in [0.25, 0.3) is 0 Å². The maximum atomic E-state index is 5.06. The van der Waals surface area contributed by atoms with Gasteiger partial charge in [0.15, 0.2) is 5.76 Å². The van der Waals surface area contributed by atoms with Gasteiger partial charge in [-0.05, 0) is 0 Å². The second kappa shape index (κ2) is 3.66. The first-order chi connectivity index (χ1) is 6.40. The van der Waals surface area contributed by atoms with Crippen molar-refractivity contribution in [1.29, 1.82) is 0 Å². The Hall–Kier alpha value is -1.23. The minimum absolute atomic E-state index is 0.641. The zero-order chi connectivity index (χ0) is 9.10. The molecule has 2 aromatic heterocycles. The Morgan fingerprint density at radius 1 is 1.38 bits per heavy atom. The summed E-state index contributed by atoms with van der Waals surface area (Å²) < 4.78 is 5.06. The second-order valence-corrected chi connectivity index (χ2v) is 2.97. The van der Waals surface area contributed by atoms with Crippen LogP contribution in [0.2, 0.25) is 0 Å². The minimum Gasteiger partial charge on any atom is -0.354 e. The lowest BCUT2D eigenvalue weighted by atomic mass is 10.3. The van der Waals surface area contributed by atoms with Crippen LogP contribution in [0, 0.1) is 0 Å². The summed E-state index contributed by atoms with van der Waals surface area (Å²) in [6.45, 7) is 0. The van der Waals surface area contributed by atoms with Crippen LogP contribution in [0.25, 0.3) is 11.5 Å². The molecule has 0 saturated carbocycles. The predicted octanol–water partition coefficient (Wildman–Crippen LogP) is 2.03. The van der Waals surface area contributed by atoms with Crippen LogP contribution in [0.5, 0.6) is 0 Å². The first-order valence-electron chi connectivity index (χ1n) is 3.68. The maximum absolute atomic E-state index is 5.06. The Bertz CT molecular complexity index is 387. The van der Waals surface area contributed by atoms with Crippen molar-refractivity contribution in [3.63, 3.8) is 0 Å². The summed E-state index contributed by atoms with van der Waals surface area (Å²) in [5.41, 5.74) is 1.54. The fourth-order valence-electron chi connectivity index (χ4n) is 0.922. The molecule has 0 aromatic carbocycles. The summed E-state index contributed by atoms with van der Waals surface area (Å²) in [5, 5.41) is 4.50. The fraction of sp³-hybridized carbons (Fsp3) is 0.125. The van der Waals surface area contributed by atoms with Crippen LogP contribution >= 0.6 is 15.9 Å². The van der Waals surface area contributed by atoms with Gasteiger partial charge in [0.2, 0.25) is 0 Å². The largest absolute Gasteiger partial charge is 0.354 e. The highest BCUT2D eigenvalue weighted by Gasteiger charge is 2.06. The first-order valence-corrected chi connectivity index (χ1v) is 4.80. The zero-order valence-corrected chi connectivity index (χ0v) is 8.23.